The van der Waals surface area contributed by atoms with E-state index in [1.807, 2.05) is 0 Å². The van der Waals surface area contributed by atoms with Crippen molar-refractivity contribution in [1.29, 1.82) is 0 Å². The highest BCUT2D eigenvalue weighted by Crippen LogP contribution is 2.14. The standard InChI is InChI=1S/C16H17N3O4/c1-22-13-7-5-12(6-8-13)18-15(20)10-23-11-16(21)19-14-4-2-3-9-17-14/h2-9H,10-11H2,1H3,(H,18,20)(H,17,19,21). The van der Waals surface area contributed by atoms with Crippen LogP contribution in [-0.2, 0) is 14.3 Å². The number of rotatable bonds is 7. The van der Waals surface area contributed by atoms with Crippen molar-refractivity contribution in [2.75, 3.05) is 31.0 Å². The van der Waals surface area contributed by atoms with E-state index < -0.39 is 0 Å². The van der Waals surface area contributed by atoms with Gasteiger partial charge in [0.1, 0.15) is 24.8 Å². The second-order valence-corrected chi connectivity index (χ2v) is 4.53. The van der Waals surface area contributed by atoms with Crippen LogP contribution in [0.1, 0.15) is 0 Å². The predicted molar refractivity (Wildman–Crippen MR) is 85.3 cm³/mol. The molecule has 0 unspecified atom stereocenters. The van der Waals surface area contributed by atoms with Crippen molar-refractivity contribution in [2.24, 2.45) is 0 Å². The second-order valence-electron chi connectivity index (χ2n) is 4.53. The predicted octanol–water partition coefficient (Wildman–Crippen LogP) is 1.68. The molecule has 120 valence electrons. The van der Waals surface area contributed by atoms with Crippen LogP contribution in [0.25, 0.3) is 0 Å². The summed E-state index contributed by atoms with van der Waals surface area (Å²) in [4.78, 5) is 27.3. The van der Waals surface area contributed by atoms with Crippen LogP contribution in [-0.4, -0.2) is 37.1 Å². The fourth-order valence-corrected chi connectivity index (χ4v) is 1.72. The highest BCUT2D eigenvalue weighted by Gasteiger charge is 2.06. The van der Waals surface area contributed by atoms with Gasteiger partial charge >= 0.3 is 0 Å². The molecule has 7 nitrogen and oxygen atoms in total. The number of amides is 2. The van der Waals surface area contributed by atoms with Crippen LogP contribution in [0, 0.1) is 0 Å². The van der Waals surface area contributed by atoms with E-state index in [-0.39, 0.29) is 25.0 Å². The number of aromatic nitrogens is 1. The zero-order valence-corrected chi connectivity index (χ0v) is 12.6. The Bertz CT molecular complexity index is 644. The van der Waals surface area contributed by atoms with Gasteiger partial charge in [0.05, 0.1) is 7.11 Å². The zero-order chi connectivity index (χ0) is 16.5. The van der Waals surface area contributed by atoms with Crippen LogP contribution in [0.5, 0.6) is 5.75 Å². The summed E-state index contributed by atoms with van der Waals surface area (Å²) in [6.45, 7) is -0.450. The van der Waals surface area contributed by atoms with Crippen LogP contribution >= 0.6 is 0 Å². The van der Waals surface area contributed by atoms with Gasteiger partial charge in [0, 0.05) is 11.9 Å². The van der Waals surface area contributed by atoms with Gasteiger partial charge in [0.2, 0.25) is 5.91 Å². The minimum absolute atomic E-state index is 0.221. The molecule has 0 aliphatic rings. The van der Waals surface area contributed by atoms with E-state index in [2.05, 4.69) is 15.6 Å². The molecule has 2 aromatic rings. The van der Waals surface area contributed by atoms with Crippen molar-refractivity contribution in [3.8, 4) is 5.75 Å². The van der Waals surface area contributed by atoms with Gasteiger partial charge in [0.15, 0.2) is 0 Å². The zero-order valence-electron chi connectivity index (χ0n) is 12.6. The van der Waals surface area contributed by atoms with E-state index in [1.54, 1.807) is 55.8 Å². The number of hydrogen-bond acceptors (Lipinski definition) is 5. The summed E-state index contributed by atoms with van der Waals surface area (Å²) >= 11 is 0. The molecule has 0 bridgehead atoms. The van der Waals surface area contributed by atoms with E-state index in [0.717, 1.165) is 0 Å². The van der Waals surface area contributed by atoms with Crippen LogP contribution in [0.4, 0.5) is 11.5 Å². The van der Waals surface area contributed by atoms with Crippen molar-refractivity contribution in [2.45, 2.75) is 0 Å². The number of nitrogens with zero attached hydrogens (tertiary/aromatic N) is 1. The van der Waals surface area contributed by atoms with Crippen molar-refractivity contribution in [3.05, 3.63) is 48.7 Å². The number of methoxy groups -OCH3 is 1. The van der Waals surface area contributed by atoms with E-state index in [4.69, 9.17) is 9.47 Å². The fourth-order valence-electron chi connectivity index (χ4n) is 1.72. The van der Waals surface area contributed by atoms with Gasteiger partial charge in [-0.2, -0.15) is 0 Å². The molecule has 23 heavy (non-hydrogen) atoms. The van der Waals surface area contributed by atoms with Crippen LogP contribution < -0.4 is 15.4 Å². The molecule has 0 spiro atoms. The highest BCUT2D eigenvalue weighted by molar-refractivity contribution is 5.93. The largest absolute Gasteiger partial charge is 0.497 e. The monoisotopic (exact) mass is 315 g/mol. The maximum absolute atomic E-state index is 11.7. The van der Waals surface area contributed by atoms with E-state index in [0.29, 0.717) is 17.3 Å². The van der Waals surface area contributed by atoms with Gasteiger partial charge in [-0.05, 0) is 36.4 Å². The number of pyridine rings is 1. The van der Waals surface area contributed by atoms with E-state index >= 15 is 0 Å². The molecule has 2 rings (SSSR count). The van der Waals surface area contributed by atoms with Gasteiger partial charge in [-0.25, -0.2) is 4.98 Å². The third-order valence-electron chi connectivity index (χ3n) is 2.77. The molecule has 0 saturated heterocycles. The average molecular weight is 315 g/mol. The molecule has 1 aromatic carbocycles. The Kier molecular flexibility index (Phi) is 6.07. The number of benzene rings is 1. The number of hydrogen-bond donors (Lipinski definition) is 2. The molecular formula is C16H17N3O4. The number of anilines is 2. The van der Waals surface area contributed by atoms with Gasteiger partial charge in [0.25, 0.3) is 5.91 Å². The maximum atomic E-state index is 11.7. The summed E-state index contributed by atoms with van der Waals surface area (Å²) in [7, 11) is 1.57. The quantitative estimate of drug-likeness (QED) is 0.811. The normalized spacial score (nSPS) is 9.96. The first-order chi connectivity index (χ1) is 11.2. The van der Waals surface area contributed by atoms with Crippen molar-refractivity contribution in [1.82, 2.24) is 4.98 Å². The molecule has 1 aromatic heterocycles. The molecular weight excluding hydrogens is 298 g/mol. The summed E-state index contributed by atoms with van der Waals surface area (Å²) < 4.78 is 10.1. The third-order valence-corrected chi connectivity index (χ3v) is 2.77. The van der Waals surface area contributed by atoms with Crippen molar-refractivity contribution >= 4 is 23.3 Å². The van der Waals surface area contributed by atoms with Crippen molar-refractivity contribution in [3.63, 3.8) is 0 Å². The van der Waals surface area contributed by atoms with Gasteiger partial charge in [-0.1, -0.05) is 6.07 Å². The Balaban J connectivity index is 1.68. The maximum Gasteiger partial charge on any atom is 0.251 e. The van der Waals surface area contributed by atoms with Crippen molar-refractivity contribution < 1.29 is 19.1 Å². The number of ether oxygens (including phenoxy) is 2. The van der Waals surface area contributed by atoms with Gasteiger partial charge in [-0.15, -0.1) is 0 Å². The molecule has 2 N–H and O–H groups in total. The molecule has 0 saturated carbocycles. The number of carbonyl (C=O) groups is 2. The Hall–Kier alpha value is -2.93. The molecule has 2 amide bonds. The SMILES string of the molecule is COc1ccc(NC(=O)COCC(=O)Nc2ccccn2)cc1. The van der Waals surface area contributed by atoms with E-state index in [1.165, 1.54) is 0 Å². The average Bonchev–Trinajstić information content (AvgIpc) is 2.56. The summed E-state index contributed by atoms with van der Waals surface area (Å²) in [5.41, 5.74) is 0.623. The number of carbonyl (C=O) groups excluding carboxylic acids is 2. The Labute approximate surface area is 133 Å². The molecule has 7 heteroatoms. The summed E-state index contributed by atoms with van der Waals surface area (Å²) in [5.74, 6) is 0.413. The molecule has 0 aliphatic carbocycles. The van der Waals surface area contributed by atoms with Gasteiger partial charge in [-0.3, -0.25) is 9.59 Å². The fraction of sp³-hybridized carbons (Fsp3) is 0.188. The molecule has 0 fully saturated rings. The number of nitrogens with one attached hydrogen (secondary N) is 2. The Morgan fingerprint density at radius 1 is 1.00 bits per heavy atom. The first kappa shape index (κ1) is 16.4. The Morgan fingerprint density at radius 2 is 1.70 bits per heavy atom. The highest BCUT2D eigenvalue weighted by atomic mass is 16.5. The van der Waals surface area contributed by atoms with Crippen LogP contribution in [0.3, 0.4) is 0 Å². The molecule has 0 atom stereocenters. The minimum Gasteiger partial charge on any atom is -0.497 e. The third kappa shape index (κ3) is 5.76. The molecule has 1 heterocycles. The molecule has 0 aliphatic heterocycles. The minimum atomic E-state index is -0.374. The van der Waals surface area contributed by atoms with E-state index in [9.17, 15) is 9.59 Å². The molecule has 0 radical (unpaired) electrons. The van der Waals surface area contributed by atoms with Crippen LogP contribution in [0.15, 0.2) is 48.7 Å². The lowest BCUT2D eigenvalue weighted by Crippen LogP contribution is -2.24. The lowest BCUT2D eigenvalue weighted by atomic mass is 10.3. The topological polar surface area (TPSA) is 89.5 Å². The summed E-state index contributed by atoms with van der Waals surface area (Å²) in [6, 6.07) is 12.1. The lowest BCUT2D eigenvalue weighted by molar-refractivity contribution is -0.125. The summed E-state index contributed by atoms with van der Waals surface area (Å²) in [6.07, 6.45) is 1.57. The lowest BCUT2D eigenvalue weighted by Gasteiger charge is -2.07. The second kappa shape index (κ2) is 8.50. The first-order valence-electron chi connectivity index (χ1n) is 6.90. The van der Waals surface area contributed by atoms with Crippen LogP contribution in [0.2, 0.25) is 0 Å². The smallest absolute Gasteiger partial charge is 0.251 e. The Morgan fingerprint density at radius 3 is 2.30 bits per heavy atom. The summed E-state index contributed by atoms with van der Waals surface area (Å²) in [5, 5.41) is 5.21. The first-order valence-corrected chi connectivity index (χ1v) is 6.90. The van der Waals surface area contributed by atoms with Gasteiger partial charge < -0.3 is 20.1 Å².